The molecule has 6 rings (SSSR count). The summed E-state index contributed by atoms with van der Waals surface area (Å²) in [5, 5.41) is 22.5. The van der Waals surface area contributed by atoms with Crippen LogP contribution in [0.4, 0.5) is 10.2 Å². The molecule has 0 saturated carbocycles. The number of hydrogen-bond acceptors (Lipinski definition) is 8. The third-order valence-corrected chi connectivity index (χ3v) is 6.64. The fourth-order valence-corrected chi connectivity index (χ4v) is 5.04. The summed E-state index contributed by atoms with van der Waals surface area (Å²) in [7, 11) is 0. The van der Waals surface area contributed by atoms with E-state index >= 15 is 0 Å². The second kappa shape index (κ2) is 7.81. The number of aromatic amines is 1. The molecule has 3 aromatic rings. The molecule has 33 heavy (non-hydrogen) atoms. The minimum Gasteiger partial charge on any atom is -0.456 e. The Bertz CT molecular complexity index is 1290. The van der Waals surface area contributed by atoms with Crippen LogP contribution in [-0.4, -0.2) is 57.7 Å². The van der Waals surface area contributed by atoms with Gasteiger partial charge in [-0.2, -0.15) is 10.2 Å². The molecule has 11 heteroatoms. The van der Waals surface area contributed by atoms with Crippen molar-refractivity contribution >= 4 is 28.6 Å². The highest BCUT2D eigenvalue weighted by molar-refractivity contribution is 6.33. The molecule has 0 spiro atoms. The topological polar surface area (TPSA) is 125 Å². The van der Waals surface area contributed by atoms with Gasteiger partial charge in [0.2, 0.25) is 0 Å². The minimum absolute atomic E-state index is 0.213. The first-order chi connectivity index (χ1) is 16.0. The maximum absolute atomic E-state index is 14.6. The van der Waals surface area contributed by atoms with Crippen LogP contribution in [0.25, 0.3) is 11.2 Å². The third-order valence-electron chi connectivity index (χ3n) is 6.36. The lowest BCUT2D eigenvalue weighted by Crippen LogP contribution is -2.34. The van der Waals surface area contributed by atoms with Gasteiger partial charge in [-0.15, -0.1) is 0 Å². The second-order valence-electron chi connectivity index (χ2n) is 8.43. The average molecular weight is 472 g/mol. The summed E-state index contributed by atoms with van der Waals surface area (Å²) < 4.78 is 31.7. The number of hydrogen-bond donors (Lipinski definition) is 3. The lowest BCUT2D eigenvalue weighted by molar-refractivity contribution is 0.00706. The number of benzene rings is 1. The van der Waals surface area contributed by atoms with Crippen LogP contribution < -0.4 is 10.1 Å². The molecule has 1 aliphatic carbocycles. The number of imidazole rings is 1. The molecule has 4 heterocycles. The highest BCUT2D eigenvalue weighted by atomic mass is 35.5. The van der Waals surface area contributed by atoms with Gasteiger partial charge in [-0.3, -0.25) is 0 Å². The minimum atomic E-state index is -0.662. The highest BCUT2D eigenvalue weighted by Crippen LogP contribution is 2.38. The second-order valence-corrected chi connectivity index (χ2v) is 8.84. The van der Waals surface area contributed by atoms with Crippen LogP contribution in [-0.2, 0) is 15.9 Å². The summed E-state index contributed by atoms with van der Waals surface area (Å²) in [6, 6.07) is 6.57. The number of aromatic nitrogens is 3. The lowest BCUT2D eigenvalue weighted by Gasteiger charge is -2.16. The Balaban J connectivity index is 1.23. The number of H-pyrrole nitrogens is 1. The molecule has 0 amide bonds. The number of aryl methyl sites for hydroxylation is 1. The highest BCUT2D eigenvalue weighted by Gasteiger charge is 2.48. The van der Waals surface area contributed by atoms with Crippen LogP contribution in [0.2, 0.25) is 5.02 Å². The van der Waals surface area contributed by atoms with Crippen molar-refractivity contribution in [1.29, 1.82) is 5.26 Å². The zero-order valence-corrected chi connectivity index (χ0v) is 18.0. The molecule has 2 saturated heterocycles. The molecule has 1 aromatic carbocycles. The lowest BCUT2D eigenvalue weighted by atomic mass is 10.0. The molecule has 2 aromatic heterocycles. The van der Waals surface area contributed by atoms with Crippen molar-refractivity contribution in [3.8, 4) is 12.1 Å². The largest absolute Gasteiger partial charge is 0.456 e. The zero-order valence-electron chi connectivity index (χ0n) is 17.2. The van der Waals surface area contributed by atoms with Gasteiger partial charge in [0.15, 0.2) is 11.8 Å². The van der Waals surface area contributed by atoms with E-state index in [4.69, 9.17) is 31.1 Å². The fraction of sp³-hybridized carbons (Fsp3) is 0.409. The van der Waals surface area contributed by atoms with E-state index in [2.05, 4.69) is 20.3 Å². The number of pyridine rings is 1. The van der Waals surface area contributed by atoms with Crippen LogP contribution in [0.5, 0.6) is 6.01 Å². The van der Waals surface area contributed by atoms with Crippen molar-refractivity contribution in [3.63, 3.8) is 0 Å². The number of anilines is 1. The van der Waals surface area contributed by atoms with Gasteiger partial charge < -0.3 is 29.6 Å². The Hall–Kier alpha value is -2.97. The van der Waals surface area contributed by atoms with Crippen LogP contribution in [0.1, 0.15) is 29.2 Å². The zero-order chi connectivity index (χ0) is 22.7. The SMILES string of the molecule is N#Cc1cc(F)c2c(c1)CC[C@@H]2Nc1nc2nc(O[C@@H]3COC4C3OC[C@H]4O)[nH]c2cc1Cl. The van der Waals surface area contributed by atoms with Gasteiger partial charge in [0.05, 0.1) is 41.4 Å². The molecule has 5 atom stereocenters. The van der Waals surface area contributed by atoms with Gasteiger partial charge in [0.25, 0.3) is 6.01 Å². The van der Waals surface area contributed by atoms with Crippen molar-refractivity contribution in [1.82, 2.24) is 15.0 Å². The van der Waals surface area contributed by atoms with Crippen molar-refractivity contribution in [2.24, 2.45) is 0 Å². The van der Waals surface area contributed by atoms with E-state index in [1.807, 2.05) is 6.07 Å². The number of aliphatic hydroxyl groups excluding tert-OH is 1. The third kappa shape index (κ3) is 3.48. The molecular formula is C22H19ClFN5O4. The quantitative estimate of drug-likeness (QED) is 0.530. The standard InChI is InChI=1S/C22H19ClFN5O4/c23-11-5-14-21(29-22(27-14)33-16-8-32-18-15(30)7-31-19(16)18)28-20(11)26-13-2-1-10-3-9(6-25)4-12(24)17(10)13/h3-5,13,15-16,18-19,30H,1-2,7-8H2,(H2,26,27,28,29)/t13-,15+,16+,18?,19?/m0/s1. The predicted molar refractivity (Wildman–Crippen MR) is 115 cm³/mol. The number of halogens is 2. The summed E-state index contributed by atoms with van der Waals surface area (Å²) in [5.74, 6) is -0.0293. The number of nitrogens with one attached hydrogen (secondary N) is 2. The van der Waals surface area contributed by atoms with E-state index in [-0.39, 0.29) is 31.4 Å². The first-order valence-electron chi connectivity index (χ1n) is 10.6. The van der Waals surface area contributed by atoms with Crippen molar-refractivity contribution < 1.29 is 23.7 Å². The van der Waals surface area contributed by atoms with Gasteiger partial charge in [0.1, 0.15) is 29.9 Å². The number of rotatable bonds is 4. The summed E-state index contributed by atoms with van der Waals surface area (Å²) in [6.45, 7) is 0.495. The monoisotopic (exact) mass is 471 g/mol. The van der Waals surface area contributed by atoms with E-state index < -0.39 is 24.1 Å². The number of aliphatic hydroxyl groups is 1. The van der Waals surface area contributed by atoms with Crippen molar-refractivity contribution in [2.75, 3.05) is 18.5 Å². The molecular weight excluding hydrogens is 453 g/mol. The summed E-state index contributed by atoms with van der Waals surface area (Å²) in [4.78, 5) is 11.9. The van der Waals surface area contributed by atoms with Gasteiger partial charge in [-0.05, 0) is 36.6 Å². The number of nitrogens with zero attached hydrogens (tertiary/aromatic N) is 3. The molecule has 3 N–H and O–H groups in total. The predicted octanol–water partition coefficient (Wildman–Crippen LogP) is 2.63. The Morgan fingerprint density at radius 1 is 1.24 bits per heavy atom. The molecule has 0 bridgehead atoms. The van der Waals surface area contributed by atoms with Crippen LogP contribution in [0.3, 0.4) is 0 Å². The molecule has 2 fully saturated rings. The molecule has 3 aliphatic rings. The molecule has 2 aliphatic heterocycles. The van der Waals surface area contributed by atoms with E-state index in [1.54, 1.807) is 12.1 Å². The fourth-order valence-electron chi connectivity index (χ4n) is 4.83. The van der Waals surface area contributed by atoms with E-state index in [0.29, 0.717) is 46.0 Å². The van der Waals surface area contributed by atoms with E-state index in [9.17, 15) is 9.50 Å². The summed E-state index contributed by atoms with van der Waals surface area (Å²) in [6.07, 6.45) is -0.519. The first-order valence-corrected chi connectivity index (χ1v) is 11.0. The van der Waals surface area contributed by atoms with Crippen LogP contribution in [0, 0.1) is 17.1 Å². The first kappa shape index (κ1) is 20.6. The van der Waals surface area contributed by atoms with E-state index in [0.717, 1.165) is 5.56 Å². The number of nitriles is 1. The van der Waals surface area contributed by atoms with Crippen molar-refractivity contribution in [2.45, 2.75) is 43.3 Å². The Morgan fingerprint density at radius 2 is 2.09 bits per heavy atom. The van der Waals surface area contributed by atoms with Crippen LogP contribution >= 0.6 is 11.6 Å². The summed E-state index contributed by atoms with van der Waals surface area (Å²) >= 11 is 6.45. The van der Waals surface area contributed by atoms with Gasteiger partial charge in [0, 0.05) is 5.56 Å². The number of ether oxygens (including phenoxy) is 3. The Morgan fingerprint density at radius 3 is 2.94 bits per heavy atom. The van der Waals surface area contributed by atoms with Crippen LogP contribution in [0.15, 0.2) is 18.2 Å². The average Bonchev–Trinajstić information content (AvgIpc) is 3.55. The van der Waals surface area contributed by atoms with E-state index in [1.165, 1.54) is 6.07 Å². The smallest absolute Gasteiger partial charge is 0.296 e. The molecule has 9 nitrogen and oxygen atoms in total. The van der Waals surface area contributed by atoms with Crippen molar-refractivity contribution in [3.05, 3.63) is 45.7 Å². The number of fused-ring (bicyclic) bond motifs is 3. The Kier molecular flexibility index (Phi) is 4.88. The maximum Gasteiger partial charge on any atom is 0.296 e. The van der Waals surface area contributed by atoms with Gasteiger partial charge in [-0.1, -0.05) is 11.6 Å². The maximum atomic E-state index is 14.6. The van der Waals surface area contributed by atoms with Gasteiger partial charge in [-0.25, -0.2) is 9.37 Å². The Labute approximate surface area is 192 Å². The van der Waals surface area contributed by atoms with Gasteiger partial charge >= 0.3 is 0 Å². The molecule has 170 valence electrons. The molecule has 2 unspecified atom stereocenters. The normalized spacial score (nSPS) is 28.0. The molecule has 0 radical (unpaired) electrons. The summed E-state index contributed by atoms with van der Waals surface area (Å²) in [5.41, 5.74) is 2.63.